The van der Waals surface area contributed by atoms with Crippen LogP contribution in [0.15, 0.2) is 18.3 Å². The molecule has 90 valence electrons. The first-order chi connectivity index (χ1) is 7.59. The predicted octanol–water partition coefficient (Wildman–Crippen LogP) is 2.82. The molecular weight excluding hydrogens is 216 g/mol. The summed E-state index contributed by atoms with van der Waals surface area (Å²) < 4.78 is 32.4. The second-order valence-electron chi connectivity index (χ2n) is 3.56. The Hall–Kier alpha value is -1.23. The Morgan fingerprint density at radius 2 is 2.00 bits per heavy atom. The molecule has 0 N–H and O–H groups in total. The van der Waals surface area contributed by atoms with Gasteiger partial charge < -0.3 is 9.47 Å². The number of ether oxygens (including phenoxy) is 2. The summed E-state index contributed by atoms with van der Waals surface area (Å²) in [7, 11) is 0. The highest BCUT2D eigenvalue weighted by atomic mass is 19.3. The Kier molecular flexibility index (Phi) is 5.11. The van der Waals surface area contributed by atoms with Crippen molar-refractivity contribution in [1.29, 1.82) is 0 Å². The standard InChI is InChI=1S/C11H15F2NO2/c1-8(2)9-3-4-10(14-7-9)15-5-6-16-11(12)13/h3-4,7-8,11H,5-6H2,1-2H3. The van der Waals surface area contributed by atoms with Crippen molar-refractivity contribution in [2.45, 2.75) is 26.4 Å². The largest absolute Gasteiger partial charge is 0.475 e. The zero-order valence-electron chi connectivity index (χ0n) is 9.32. The molecule has 0 saturated carbocycles. The number of alkyl halides is 2. The Labute approximate surface area is 93.4 Å². The van der Waals surface area contributed by atoms with E-state index in [0.29, 0.717) is 11.8 Å². The highest BCUT2D eigenvalue weighted by Crippen LogP contribution is 2.15. The molecule has 1 heterocycles. The molecule has 0 aliphatic rings. The molecule has 16 heavy (non-hydrogen) atoms. The topological polar surface area (TPSA) is 31.4 Å². The molecule has 0 fully saturated rings. The third-order valence-corrected chi connectivity index (χ3v) is 2.00. The minimum Gasteiger partial charge on any atom is -0.475 e. The molecule has 0 atom stereocenters. The third kappa shape index (κ3) is 4.53. The van der Waals surface area contributed by atoms with Crippen molar-refractivity contribution in [3.63, 3.8) is 0 Å². The number of hydrogen-bond donors (Lipinski definition) is 0. The molecule has 0 unspecified atom stereocenters. The SMILES string of the molecule is CC(C)c1ccc(OCCOC(F)F)nc1. The van der Waals surface area contributed by atoms with Crippen molar-refractivity contribution in [3.8, 4) is 5.88 Å². The number of nitrogens with zero attached hydrogens (tertiary/aromatic N) is 1. The van der Waals surface area contributed by atoms with Crippen molar-refractivity contribution >= 4 is 0 Å². The maximum Gasteiger partial charge on any atom is 0.345 e. The van der Waals surface area contributed by atoms with Crippen LogP contribution in [0.2, 0.25) is 0 Å². The van der Waals surface area contributed by atoms with Crippen LogP contribution < -0.4 is 4.74 Å². The van der Waals surface area contributed by atoms with Crippen molar-refractivity contribution in [3.05, 3.63) is 23.9 Å². The zero-order valence-corrected chi connectivity index (χ0v) is 9.32. The summed E-state index contributed by atoms with van der Waals surface area (Å²) in [6.07, 6.45) is 1.72. The first-order valence-corrected chi connectivity index (χ1v) is 5.08. The fraction of sp³-hybridized carbons (Fsp3) is 0.545. The molecule has 5 heteroatoms. The maximum absolute atomic E-state index is 11.6. The van der Waals surface area contributed by atoms with E-state index in [2.05, 4.69) is 23.6 Å². The van der Waals surface area contributed by atoms with Crippen LogP contribution >= 0.6 is 0 Å². The molecule has 0 radical (unpaired) electrons. The Morgan fingerprint density at radius 1 is 1.25 bits per heavy atom. The van der Waals surface area contributed by atoms with Crippen LogP contribution in [0.25, 0.3) is 0 Å². The quantitative estimate of drug-likeness (QED) is 0.705. The van der Waals surface area contributed by atoms with Gasteiger partial charge in [0.15, 0.2) is 0 Å². The smallest absolute Gasteiger partial charge is 0.345 e. The van der Waals surface area contributed by atoms with Gasteiger partial charge in [-0.15, -0.1) is 0 Å². The van der Waals surface area contributed by atoms with Gasteiger partial charge in [-0.3, -0.25) is 0 Å². The van der Waals surface area contributed by atoms with Gasteiger partial charge in [-0.05, 0) is 11.5 Å². The Balaban J connectivity index is 2.32. The van der Waals surface area contributed by atoms with Crippen molar-refractivity contribution in [2.24, 2.45) is 0 Å². The zero-order chi connectivity index (χ0) is 12.0. The van der Waals surface area contributed by atoms with Crippen molar-refractivity contribution in [1.82, 2.24) is 4.98 Å². The molecule has 1 aromatic heterocycles. The Bertz CT molecular complexity index is 301. The molecule has 0 aliphatic carbocycles. The first kappa shape index (κ1) is 12.8. The lowest BCUT2D eigenvalue weighted by atomic mass is 10.1. The first-order valence-electron chi connectivity index (χ1n) is 5.08. The van der Waals surface area contributed by atoms with Crippen molar-refractivity contribution < 1.29 is 18.3 Å². The summed E-state index contributed by atoms with van der Waals surface area (Å²) in [4.78, 5) is 4.05. The van der Waals surface area contributed by atoms with E-state index in [-0.39, 0.29) is 13.2 Å². The molecule has 0 aliphatic heterocycles. The molecule has 0 amide bonds. The van der Waals surface area contributed by atoms with Crippen molar-refractivity contribution in [2.75, 3.05) is 13.2 Å². The number of hydrogen-bond acceptors (Lipinski definition) is 3. The van der Waals surface area contributed by atoms with Crippen LogP contribution in [0.5, 0.6) is 5.88 Å². The number of rotatable bonds is 6. The summed E-state index contributed by atoms with van der Waals surface area (Å²) in [5.74, 6) is 0.825. The lowest BCUT2D eigenvalue weighted by Crippen LogP contribution is -2.10. The average molecular weight is 231 g/mol. The highest BCUT2D eigenvalue weighted by Gasteiger charge is 2.03. The molecule has 0 aromatic carbocycles. The molecule has 0 saturated heterocycles. The van der Waals surface area contributed by atoms with Gasteiger partial charge in [0.05, 0.1) is 6.61 Å². The molecule has 0 bridgehead atoms. The van der Waals surface area contributed by atoms with Crippen LogP contribution in [-0.4, -0.2) is 24.8 Å². The van der Waals surface area contributed by atoms with E-state index in [1.54, 1.807) is 12.3 Å². The fourth-order valence-electron chi connectivity index (χ4n) is 1.10. The predicted molar refractivity (Wildman–Crippen MR) is 55.8 cm³/mol. The number of pyridine rings is 1. The summed E-state index contributed by atoms with van der Waals surface area (Å²) in [6.45, 7) is 1.30. The second kappa shape index (κ2) is 6.37. The normalized spacial score (nSPS) is 11.1. The fourth-order valence-corrected chi connectivity index (χ4v) is 1.10. The van der Waals surface area contributed by atoms with Crippen LogP contribution in [0.1, 0.15) is 25.3 Å². The lowest BCUT2D eigenvalue weighted by molar-refractivity contribution is -0.133. The van der Waals surface area contributed by atoms with E-state index in [4.69, 9.17) is 4.74 Å². The summed E-state index contributed by atoms with van der Waals surface area (Å²) in [5.41, 5.74) is 1.11. The van der Waals surface area contributed by atoms with E-state index >= 15 is 0 Å². The minimum atomic E-state index is -2.75. The molecule has 1 aromatic rings. The van der Waals surface area contributed by atoms with Gasteiger partial charge in [0.1, 0.15) is 6.61 Å². The van der Waals surface area contributed by atoms with Gasteiger partial charge in [-0.25, -0.2) is 4.98 Å². The van der Waals surface area contributed by atoms with Crippen LogP contribution in [-0.2, 0) is 4.74 Å². The van der Waals surface area contributed by atoms with Gasteiger partial charge in [0.25, 0.3) is 0 Å². The van der Waals surface area contributed by atoms with Crippen LogP contribution in [0, 0.1) is 0 Å². The minimum absolute atomic E-state index is 0.0678. The lowest BCUT2D eigenvalue weighted by Gasteiger charge is -2.07. The van der Waals surface area contributed by atoms with E-state index < -0.39 is 6.61 Å². The highest BCUT2D eigenvalue weighted by molar-refractivity contribution is 5.20. The van der Waals surface area contributed by atoms with E-state index in [0.717, 1.165) is 5.56 Å². The molecular formula is C11H15F2NO2. The van der Waals surface area contributed by atoms with Gasteiger partial charge in [-0.1, -0.05) is 19.9 Å². The van der Waals surface area contributed by atoms with Crippen LogP contribution in [0.4, 0.5) is 8.78 Å². The van der Waals surface area contributed by atoms with E-state index in [9.17, 15) is 8.78 Å². The second-order valence-corrected chi connectivity index (χ2v) is 3.56. The molecule has 1 rings (SSSR count). The van der Waals surface area contributed by atoms with E-state index in [1.807, 2.05) is 6.07 Å². The summed E-state index contributed by atoms with van der Waals surface area (Å²) in [6, 6.07) is 3.62. The van der Waals surface area contributed by atoms with Gasteiger partial charge >= 0.3 is 6.61 Å². The average Bonchev–Trinajstić information content (AvgIpc) is 2.25. The monoisotopic (exact) mass is 231 g/mol. The molecule has 0 spiro atoms. The van der Waals surface area contributed by atoms with Crippen LogP contribution in [0.3, 0.4) is 0 Å². The molecule has 3 nitrogen and oxygen atoms in total. The summed E-state index contributed by atoms with van der Waals surface area (Å²) in [5, 5.41) is 0. The Morgan fingerprint density at radius 3 is 2.50 bits per heavy atom. The van der Waals surface area contributed by atoms with Gasteiger partial charge in [0, 0.05) is 12.3 Å². The van der Waals surface area contributed by atoms with Gasteiger partial charge in [-0.2, -0.15) is 8.78 Å². The van der Waals surface area contributed by atoms with Gasteiger partial charge in [0.2, 0.25) is 5.88 Å². The number of halogens is 2. The number of aromatic nitrogens is 1. The maximum atomic E-state index is 11.6. The third-order valence-electron chi connectivity index (χ3n) is 2.00. The summed E-state index contributed by atoms with van der Waals surface area (Å²) >= 11 is 0. The van der Waals surface area contributed by atoms with E-state index in [1.165, 1.54) is 0 Å².